The first-order valence-corrected chi connectivity index (χ1v) is 0.471. The van der Waals surface area contributed by atoms with E-state index >= 15 is 0 Å². The Kier molecular flexibility index (Phi) is 61.4. The van der Waals surface area contributed by atoms with Crippen molar-refractivity contribution in [2.75, 3.05) is 0 Å². The van der Waals surface area contributed by atoms with Crippen molar-refractivity contribution in [3.63, 3.8) is 0 Å². The van der Waals surface area contributed by atoms with Crippen LogP contribution in [0.2, 0.25) is 0 Å². The van der Waals surface area contributed by atoms with Crippen molar-refractivity contribution in [3.05, 3.63) is 0 Å². The number of hydrogen-bond donors (Lipinski definition) is 0. The molecule has 0 aliphatic rings. The van der Waals surface area contributed by atoms with Gasteiger partial charge in [0.05, 0.1) is 0 Å². The summed E-state index contributed by atoms with van der Waals surface area (Å²) in [5.74, 6) is 0. The summed E-state index contributed by atoms with van der Waals surface area (Å²) in [5, 5.41) is 8.25. The topological polar surface area (TPSA) is 71.6 Å². The van der Waals surface area contributed by atoms with Crippen LogP contribution in [-0.2, 0) is 4.79 Å². The smallest absolute Gasteiger partial charge is 0.554 e. The first kappa shape index (κ1) is 16.3. The van der Waals surface area contributed by atoms with E-state index in [0.717, 1.165) is 0 Å². The van der Waals surface area contributed by atoms with Gasteiger partial charge in [-0.15, -0.1) is 0 Å². The summed E-state index contributed by atoms with van der Waals surface area (Å²) in [6.07, 6.45) is 0. The van der Waals surface area contributed by atoms with E-state index in [1.54, 1.807) is 0 Å². The van der Waals surface area contributed by atoms with Gasteiger partial charge in [-0.25, -0.2) is 0 Å². The summed E-state index contributed by atoms with van der Waals surface area (Å²) in [6, 6.07) is 0. The summed E-state index contributed by atoms with van der Waals surface area (Å²) in [5.41, 5.74) is 0. The van der Waals surface area contributed by atoms with E-state index in [1.807, 2.05) is 0 Å². The van der Waals surface area contributed by atoms with Crippen LogP contribution in [0.5, 0.6) is 0 Å². The fourth-order valence-corrected chi connectivity index (χ4v) is 0. The molecule has 0 atom stereocenters. The molecular formula is CH3O3Rb. The van der Waals surface area contributed by atoms with Gasteiger partial charge in [0.15, 0.2) is 0 Å². The van der Waals surface area contributed by atoms with Crippen molar-refractivity contribution in [1.82, 2.24) is 0 Å². The van der Waals surface area contributed by atoms with E-state index in [-0.39, 0.29) is 63.7 Å². The predicted octanol–water partition coefficient (Wildman–Crippen LogP) is -5.45. The molecule has 0 aromatic heterocycles. The fraction of sp³-hybridized carbons (Fsp3) is 0. The van der Waals surface area contributed by atoms with Crippen LogP contribution in [0.4, 0.5) is 0 Å². The summed E-state index contributed by atoms with van der Waals surface area (Å²) in [4.78, 5) is 8.25. The molecule has 0 saturated carbocycles. The second-order valence-corrected chi connectivity index (χ2v) is 0.0962. The molecule has 0 heterocycles. The van der Waals surface area contributed by atoms with Crippen LogP contribution < -0.4 is 63.3 Å². The minimum atomic E-state index is -0.500. The molecule has 0 aromatic carbocycles. The van der Waals surface area contributed by atoms with Crippen molar-refractivity contribution in [2.24, 2.45) is 0 Å². The number of carbonyl (C=O) groups excluding carboxylic acids is 1. The molecule has 0 fully saturated rings. The molecule has 0 rings (SSSR count). The molecule has 2 N–H and O–H groups in total. The second-order valence-electron chi connectivity index (χ2n) is 0.0962. The fourth-order valence-electron chi connectivity index (χ4n) is 0. The quantitative estimate of drug-likeness (QED) is 0.322. The molecule has 0 aliphatic heterocycles. The van der Waals surface area contributed by atoms with Gasteiger partial charge < -0.3 is 15.4 Å². The average Bonchev–Trinajstić information content (AvgIpc) is 0.918. The molecule has 0 spiro atoms. The van der Waals surface area contributed by atoms with E-state index in [2.05, 4.69) is 0 Å². The van der Waals surface area contributed by atoms with Crippen LogP contribution in [0.1, 0.15) is 0 Å². The average molecular weight is 148 g/mol. The maximum Gasteiger partial charge on any atom is 1.00 e. The van der Waals surface area contributed by atoms with E-state index < -0.39 is 6.47 Å². The molecule has 3 nitrogen and oxygen atoms in total. The van der Waals surface area contributed by atoms with Gasteiger partial charge in [0.1, 0.15) is 0 Å². The maximum absolute atomic E-state index is 8.25. The Balaban J connectivity index is -0.0000000200. The molecule has 0 unspecified atom stereocenters. The molecule has 0 saturated heterocycles. The molecule has 26 valence electrons. The van der Waals surface area contributed by atoms with Crippen LogP contribution >= 0.6 is 0 Å². The van der Waals surface area contributed by atoms with Crippen LogP contribution in [0.3, 0.4) is 0 Å². The predicted molar refractivity (Wildman–Crippen MR) is 9.68 cm³/mol. The third-order valence-corrected chi connectivity index (χ3v) is 0. The second kappa shape index (κ2) is 18.8. The van der Waals surface area contributed by atoms with E-state index in [9.17, 15) is 0 Å². The van der Waals surface area contributed by atoms with Crippen molar-refractivity contribution in [3.8, 4) is 0 Å². The van der Waals surface area contributed by atoms with Crippen LogP contribution in [0.15, 0.2) is 0 Å². The first-order valence-electron chi connectivity index (χ1n) is 0.471. The van der Waals surface area contributed by atoms with Gasteiger partial charge in [0, 0.05) is 6.47 Å². The van der Waals surface area contributed by atoms with Gasteiger partial charge in [-0.3, -0.25) is 0 Å². The number of rotatable bonds is 0. The molecule has 0 amide bonds. The van der Waals surface area contributed by atoms with Gasteiger partial charge in [0.2, 0.25) is 0 Å². The molecule has 0 aliphatic carbocycles. The van der Waals surface area contributed by atoms with Gasteiger partial charge in [-0.05, 0) is 0 Å². The van der Waals surface area contributed by atoms with Gasteiger partial charge in [0.25, 0.3) is 0 Å². The maximum atomic E-state index is 8.25. The zero-order valence-electron chi connectivity index (χ0n) is 2.89. The summed E-state index contributed by atoms with van der Waals surface area (Å²) >= 11 is 0. The van der Waals surface area contributed by atoms with E-state index in [1.165, 1.54) is 0 Å². The Morgan fingerprint density at radius 2 is 1.60 bits per heavy atom. The van der Waals surface area contributed by atoms with Crippen LogP contribution in [0.25, 0.3) is 0 Å². The Morgan fingerprint density at radius 1 is 1.60 bits per heavy atom. The van der Waals surface area contributed by atoms with Crippen LogP contribution in [-0.4, -0.2) is 11.9 Å². The third kappa shape index (κ3) is 35.9. The van der Waals surface area contributed by atoms with Crippen molar-refractivity contribution in [2.45, 2.75) is 0 Å². The van der Waals surface area contributed by atoms with Crippen molar-refractivity contribution >= 4 is 6.47 Å². The van der Waals surface area contributed by atoms with Gasteiger partial charge in [-0.2, -0.15) is 0 Å². The molecule has 0 bridgehead atoms. The van der Waals surface area contributed by atoms with Crippen molar-refractivity contribution in [1.29, 1.82) is 0 Å². The SMILES string of the molecule is O.O=C[O-].[Rb+]. The molecule has 4 heteroatoms. The Morgan fingerprint density at radius 3 is 1.60 bits per heavy atom. The Bertz CT molecular complexity index is 14.4. The Labute approximate surface area is 78.5 Å². The largest absolute Gasteiger partial charge is 1.00 e. The monoisotopic (exact) mass is 148 g/mol. The van der Waals surface area contributed by atoms with E-state index in [0.29, 0.717) is 0 Å². The van der Waals surface area contributed by atoms with Crippen molar-refractivity contribution < 1.29 is 73.6 Å². The molecule has 0 aromatic rings. The zero-order chi connectivity index (χ0) is 2.71. The summed E-state index contributed by atoms with van der Waals surface area (Å²) in [6.45, 7) is -0.500. The van der Waals surface area contributed by atoms with Crippen LogP contribution in [0, 0.1) is 0 Å². The molecule has 5 heavy (non-hydrogen) atoms. The van der Waals surface area contributed by atoms with Gasteiger partial charge in [-0.1, -0.05) is 0 Å². The third-order valence-electron chi connectivity index (χ3n) is 0. The summed E-state index contributed by atoms with van der Waals surface area (Å²) < 4.78 is 0. The number of carboxylic acid groups (broad SMARTS) is 1. The first-order chi connectivity index (χ1) is 1.41. The molecule has 0 radical (unpaired) electrons. The standard InChI is InChI=1S/CH2O2.H2O.Rb/c2-1-3;;/h1H,(H,2,3);1H2;/q;;+1/p-1. The Hall–Kier alpha value is 1.24. The number of hydrogen-bond acceptors (Lipinski definition) is 2. The minimum absolute atomic E-state index is 0. The van der Waals surface area contributed by atoms with E-state index in [4.69, 9.17) is 9.90 Å². The number of carbonyl (C=O) groups is 1. The summed E-state index contributed by atoms with van der Waals surface area (Å²) in [7, 11) is 0. The minimum Gasteiger partial charge on any atom is -0.554 e. The normalized spacial score (nSPS) is 2.40. The zero-order valence-corrected chi connectivity index (χ0v) is 7.81. The molecular weight excluding hydrogens is 145 g/mol. The van der Waals surface area contributed by atoms with Gasteiger partial charge >= 0.3 is 58.2 Å².